The van der Waals surface area contributed by atoms with E-state index in [0.717, 1.165) is 6.07 Å². The van der Waals surface area contributed by atoms with Crippen molar-refractivity contribution in [2.75, 3.05) is 13.2 Å². The van der Waals surface area contributed by atoms with E-state index >= 15 is 0 Å². The van der Waals surface area contributed by atoms with Crippen LogP contribution in [0.15, 0.2) is 18.2 Å². The number of hydrogen-bond donors (Lipinski definition) is 1. The number of carbonyl (C=O) groups excluding carboxylic acids is 1. The molecule has 2 rings (SSSR count). The lowest BCUT2D eigenvalue weighted by molar-refractivity contribution is -0.133. The van der Waals surface area contributed by atoms with Crippen molar-refractivity contribution < 1.29 is 18.3 Å². The fraction of sp³-hybridized carbons (Fsp3) is 0.300. The summed E-state index contributed by atoms with van der Waals surface area (Å²) in [6, 6.07) is 3.90. The van der Waals surface area contributed by atoms with Crippen molar-refractivity contribution in [3.05, 3.63) is 35.4 Å². The Bertz CT molecular complexity index is 385. The smallest absolute Gasteiger partial charge is 0.246 e. The van der Waals surface area contributed by atoms with Crippen molar-refractivity contribution >= 4 is 5.91 Å². The van der Waals surface area contributed by atoms with Gasteiger partial charge in [-0.05, 0) is 6.07 Å². The van der Waals surface area contributed by atoms with E-state index in [1.807, 2.05) is 0 Å². The molecule has 1 saturated heterocycles. The fourth-order valence-corrected chi connectivity index (χ4v) is 1.46. The van der Waals surface area contributed by atoms with Crippen molar-refractivity contribution in [3.63, 3.8) is 0 Å². The van der Waals surface area contributed by atoms with Crippen LogP contribution >= 0.6 is 0 Å². The van der Waals surface area contributed by atoms with Gasteiger partial charge in [-0.15, -0.1) is 0 Å². The zero-order valence-electron chi connectivity index (χ0n) is 7.80. The van der Waals surface area contributed by atoms with Gasteiger partial charge in [-0.3, -0.25) is 4.79 Å². The average molecular weight is 213 g/mol. The zero-order valence-corrected chi connectivity index (χ0v) is 7.80. The van der Waals surface area contributed by atoms with Crippen LogP contribution in [-0.4, -0.2) is 19.1 Å². The lowest BCUT2D eigenvalue weighted by Crippen LogP contribution is -2.39. The second kappa shape index (κ2) is 3.94. The van der Waals surface area contributed by atoms with E-state index < -0.39 is 17.7 Å². The van der Waals surface area contributed by atoms with Gasteiger partial charge >= 0.3 is 0 Å². The molecular weight excluding hydrogens is 204 g/mol. The summed E-state index contributed by atoms with van der Waals surface area (Å²) in [5, 5.41) is 2.52. The van der Waals surface area contributed by atoms with Crippen LogP contribution in [0.1, 0.15) is 11.7 Å². The second-order valence-electron chi connectivity index (χ2n) is 3.25. The third kappa shape index (κ3) is 1.97. The predicted octanol–water partition coefficient (Wildman–Crippen LogP) is 1.15. The van der Waals surface area contributed by atoms with Crippen molar-refractivity contribution in [2.24, 2.45) is 0 Å². The van der Waals surface area contributed by atoms with Crippen LogP contribution in [0.3, 0.4) is 0 Å². The molecule has 1 unspecified atom stereocenters. The largest absolute Gasteiger partial charge is 0.362 e. The van der Waals surface area contributed by atoms with E-state index in [2.05, 4.69) is 5.32 Å². The molecule has 1 N–H and O–H groups in total. The molecule has 3 nitrogen and oxygen atoms in total. The maximum absolute atomic E-state index is 13.3. The zero-order chi connectivity index (χ0) is 10.8. The Hall–Kier alpha value is -1.49. The van der Waals surface area contributed by atoms with E-state index in [0.29, 0.717) is 0 Å². The Kier molecular flexibility index (Phi) is 2.64. The number of halogens is 2. The summed E-state index contributed by atoms with van der Waals surface area (Å²) in [5.74, 6) is -2.07. The molecule has 5 heteroatoms. The molecule has 0 saturated carbocycles. The molecule has 1 aromatic rings. The highest BCUT2D eigenvalue weighted by Crippen LogP contribution is 2.23. The van der Waals surface area contributed by atoms with Gasteiger partial charge in [0.25, 0.3) is 0 Å². The van der Waals surface area contributed by atoms with Crippen molar-refractivity contribution in [3.8, 4) is 0 Å². The summed E-state index contributed by atoms with van der Waals surface area (Å²) in [6.07, 6.45) is -0.613. The molecule has 1 amide bonds. The summed E-state index contributed by atoms with van der Waals surface area (Å²) in [6.45, 7) is 0.0415. The summed E-state index contributed by atoms with van der Waals surface area (Å²) < 4.78 is 31.3. The fourth-order valence-electron chi connectivity index (χ4n) is 1.46. The maximum Gasteiger partial charge on any atom is 0.246 e. The lowest BCUT2D eigenvalue weighted by Gasteiger charge is -2.23. The monoisotopic (exact) mass is 213 g/mol. The molecule has 0 aliphatic carbocycles. The highest BCUT2D eigenvalue weighted by Gasteiger charge is 2.23. The van der Waals surface area contributed by atoms with E-state index in [9.17, 15) is 13.6 Å². The van der Waals surface area contributed by atoms with Gasteiger partial charge in [0, 0.05) is 12.1 Å². The summed E-state index contributed by atoms with van der Waals surface area (Å²) in [4.78, 5) is 10.8. The van der Waals surface area contributed by atoms with Crippen LogP contribution in [0.4, 0.5) is 8.78 Å². The molecule has 0 radical (unpaired) electrons. The van der Waals surface area contributed by atoms with Gasteiger partial charge < -0.3 is 10.1 Å². The molecule has 1 aliphatic heterocycles. The maximum atomic E-state index is 13.3. The van der Waals surface area contributed by atoms with Crippen LogP contribution in [0.2, 0.25) is 0 Å². The van der Waals surface area contributed by atoms with Crippen molar-refractivity contribution in [1.29, 1.82) is 0 Å². The molecule has 0 bridgehead atoms. The van der Waals surface area contributed by atoms with Crippen LogP contribution in [0, 0.1) is 11.6 Å². The molecule has 1 aromatic carbocycles. The van der Waals surface area contributed by atoms with Crippen molar-refractivity contribution in [1.82, 2.24) is 5.32 Å². The molecule has 1 aliphatic rings. The van der Waals surface area contributed by atoms with E-state index in [-0.39, 0.29) is 24.6 Å². The first-order valence-electron chi connectivity index (χ1n) is 4.50. The van der Waals surface area contributed by atoms with E-state index in [1.54, 1.807) is 0 Å². The summed E-state index contributed by atoms with van der Waals surface area (Å²) >= 11 is 0. The predicted molar refractivity (Wildman–Crippen MR) is 48.1 cm³/mol. The van der Waals surface area contributed by atoms with Gasteiger partial charge in [0.15, 0.2) is 11.6 Å². The second-order valence-corrected chi connectivity index (χ2v) is 3.25. The van der Waals surface area contributed by atoms with Gasteiger partial charge in [0.1, 0.15) is 12.7 Å². The van der Waals surface area contributed by atoms with Gasteiger partial charge in [0.05, 0.1) is 0 Å². The van der Waals surface area contributed by atoms with Gasteiger partial charge in [-0.25, -0.2) is 8.78 Å². The first kappa shape index (κ1) is 10.0. The quantitative estimate of drug-likeness (QED) is 0.760. The lowest BCUT2D eigenvalue weighted by atomic mass is 10.1. The number of ether oxygens (including phenoxy) is 1. The summed E-state index contributed by atoms with van der Waals surface area (Å²) in [7, 11) is 0. The third-order valence-electron chi connectivity index (χ3n) is 2.23. The Labute approximate surface area is 85.0 Å². The normalized spacial score (nSPS) is 21.2. The first-order valence-corrected chi connectivity index (χ1v) is 4.50. The highest BCUT2D eigenvalue weighted by atomic mass is 19.2. The number of nitrogens with one attached hydrogen (secondary N) is 1. The number of benzene rings is 1. The van der Waals surface area contributed by atoms with Gasteiger partial charge in [0.2, 0.25) is 5.91 Å². The molecule has 80 valence electrons. The minimum absolute atomic E-state index is 0.124. The number of amides is 1. The summed E-state index contributed by atoms with van der Waals surface area (Å²) in [5.41, 5.74) is 0.134. The van der Waals surface area contributed by atoms with Crippen LogP contribution in [-0.2, 0) is 9.53 Å². The Morgan fingerprint density at radius 2 is 2.20 bits per heavy atom. The van der Waals surface area contributed by atoms with Gasteiger partial charge in [-0.2, -0.15) is 0 Å². The Morgan fingerprint density at radius 1 is 1.40 bits per heavy atom. The molecule has 0 aromatic heterocycles. The van der Waals surface area contributed by atoms with Gasteiger partial charge in [-0.1, -0.05) is 12.1 Å². The number of hydrogen-bond acceptors (Lipinski definition) is 2. The van der Waals surface area contributed by atoms with Crippen LogP contribution in [0.25, 0.3) is 0 Å². The number of carbonyl (C=O) groups is 1. The first-order chi connectivity index (χ1) is 7.18. The molecule has 15 heavy (non-hydrogen) atoms. The molecule has 0 spiro atoms. The molecule has 1 heterocycles. The third-order valence-corrected chi connectivity index (χ3v) is 2.23. The SMILES string of the molecule is O=C1COC(c2cccc(F)c2F)CN1. The molecular formula is C10H9F2NO2. The minimum Gasteiger partial charge on any atom is -0.362 e. The Morgan fingerprint density at radius 3 is 2.87 bits per heavy atom. The molecule has 1 atom stereocenters. The topological polar surface area (TPSA) is 38.3 Å². The number of morpholine rings is 1. The molecule has 1 fully saturated rings. The number of rotatable bonds is 1. The van der Waals surface area contributed by atoms with Crippen LogP contribution in [0.5, 0.6) is 0 Å². The van der Waals surface area contributed by atoms with E-state index in [1.165, 1.54) is 12.1 Å². The van der Waals surface area contributed by atoms with E-state index in [4.69, 9.17) is 4.74 Å². The standard InChI is InChI=1S/C10H9F2NO2/c11-7-3-1-2-6(10(7)12)8-4-13-9(14)5-15-8/h1-3,8H,4-5H2,(H,13,14). The van der Waals surface area contributed by atoms with Crippen molar-refractivity contribution in [2.45, 2.75) is 6.10 Å². The Balaban J connectivity index is 2.22. The van der Waals surface area contributed by atoms with Crippen LogP contribution < -0.4 is 5.32 Å². The average Bonchev–Trinajstić information content (AvgIpc) is 2.24. The minimum atomic E-state index is -0.918. The highest BCUT2D eigenvalue weighted by molar-refractivity contribution is 5.77.